The zero-order chi connectivity index (χ0) is 12.3. The number of nitrogens with two attached hydrogens (primary N) is 1. The fourth-order valence-electron chi connectivity index (χ4n) is 3.43. The second kappa shape index (κ2) is 3.18. The minimum absolute atomic E-state index is 0.173. The number of hydrogen-bond acceptors (Lipinski definition) is 3. The van der Waals surface area contributed by atoms with E-state index in [-0.39, 0.29) is 35.5 Å². The molecule has 2 fully saturated rings. The molecule has 17 heavy (non-hydrogen) atoms. The molecule has 0 unspecified atom stereocenters. The molecular formula is C12H14N2O3. The summed E-state index contributed by atoms with van der Waals surface area (Å²) in [7, 11) is 0. The first-order valence-electron chi connectivity index (χ1n) is 5.87. The molecule has 2 aliphatic carbocycles. The summed E-state index contributed by atoms with van der Waals surface area (Å²) in [5.74, 6) is -1.23. The van der Waals surface area contributed by atoms with Crippen molar-refractivity contribution in [2.75, 3.05) is 0 Å². The van der Waals surface area contributed by atoms with Gasteiger partial charge >= 0.3 is 0 Å². The number of rotatable bonds is 2. The predicted molar refractivity (Wildman–Crippen MR) is 58.2 cm³/mol. The zero-order valence-corrected chi connectivity index (χ0v) is 9.50. The molecular weight excluding hydrogens is 220 g/mol. The smallest absolute Gasteiger partial charge is 0.240 e. The molecule has 5 heteroatoms. The molecule has 5 nitrogen and oxygen atoms in total. The van der Waals surface area contributed by atoms with Crippen LogP contribution in [0.2, 0.25) is 0 Å². The Morgan fingerprint density at radius 1 is 1.29 bits per heavy atom. The lowest BCUT2D eigenvalue weighted by Gasteiger charge is -2.21. The molecule has 0 radical (unpaired) electrons. The lowest BCUT2D eigenvalue weighted by molar-refractivity contribution is -0.147. The van der Waals surface area contributed by atoms with Crippen LogP contribution in [0, 0.1) is 23.7 Å². The average Bonchev–Trinajstić information content (AvgIpc) is 2.92. The van der Waals surface area contributed by atoms with Gasteiger partial charge in [-0.2, -0.15) is 0 Å². The Balaban J connectivity index is 1.95. The number of carbonyl (C=O) groups is 3. The van der Waals surface area contributed by atoms with Gasteiger partial charge < -0.3 is 5.73 Å². The van der Waals surface area contributed by atoms with Crippen LogP contribution < -0.4 is 5.73 Å². The molecule has 0 aromatic heterocycles. The van der Waals surface area contributed by atoms with Crippen LogP contribution in [0.4, 0.5) is 0 Å². The molecule has 1 aliphatic heterocycles. The van der Waals surface area contributed by atoms with Crippen LogP contribution in [0.1, 0.15) is 13.3 Å². The highest BCUT2D eigenvalue weighted by Gasteiger charge is 2.60. The second-order valence-electron chi connectivity index (χ2n) is 5.12. The average molecular weight is 234 g/mol. The monoisotopic (exact) mass is 234 g/mol. The number of imide groups is 1. The minimum Gasteiger partial charge on any atom is -0.368 e. The van der Waals surface area contributed by atoms with Crippen LogP contribution in [-0.2, 0) is 14.4 Å². The van der Waals surface area contributed by atoms with E-state index in [1.807, 2.05) is 12.2 Å². The molecule has 3 amide bonds. The summed E-state index contributed by atoms with van der Waals surface area (Å²) in [5, 5.41) is 0. The van der Waals surface area contributed by atoms with Crippen molar-refractivity contribution in [3.63, 3.8) is 0 Å². The number of likely N-dealkylation sites (tertiary alicyclic amines) is 1. The van der Waals surface area contributed by atoms with Crippen LogP contribution in [0.5, 0.6) is 0 Å². The fourth-order valence-corrected chi connectivity index (χ4v) is 3.43. The summed E-state index contributed by atoms with van der Waals surface area (Å²) < 4.78 is 0. The van der Waals surface area contributed by atoms with E-state index in [2.05, 4.69) is 0 Å². The molecule has 2 bridgehead atoms. The minimum atomic E-state index is -0.833. The molecule has 0 aromatic carbocycles. The van der Waals surface area contributed by atoms with Crippen LogP contribution in [0.3, 0.4) is 0 Å². The molecule has 1 saturated heterocycles. The van der Waals surface area contributed by atoms with Gasteiger partial charge in [0.1, 0.15) is 6.04 Å². The van der Waals surface area contributed by atoms with E-state index in [0.29, 0.717) is 0 Å². The third-order valence-electron chi connectivity index (χ3n) is 4.30. The molecule has 0 aromatic rings. The van der Waals surface area contributed by atoms with Gasteiger partial charge in [0.05, 0.1) is 11.8 Å². The van der Waals surface area contributed by atoms with Gasteiger partial charge in [0.25, 0.3) is 0 Å². The SMILES string of the molecule is C[C@H](C(N)=O)N1C(=O)[C@@H]2[C@H](C1=O)[C@H]1C=C[C@H]2C1. The maximum Gasteiger partial charge on any atom is 0.240 e. The van der Waals surface area contributed by atoms with Crippen molar-refractivity contribution in [2.24, 2.45) is 29.4 Å². The summed E-state index contributed by atoms with van der Waals surface area (Å²) in [6, 6.07) is -0.833. The van der Waals surface area contributed by atoms with Crippen LogP contribution in [0.25, 0.3) is 0 Å². The fraction of sp³-hybridized carbons (Fsp3) is 0.583. The Kier molecular flexibility index (Phi) is 1.97. The van der Waals surface area contributed by atoms with Crippen molar-refractivity contribution in [3.05, 3.63) is 12.2 Å². The quantitative estimate of drug-likeness (QED) is 0.524. The van der Waals surface area contributed by atoms with E-state index in [4.69, 9.17) is 5.73 Å². The van der Waals surface area contributed by atoms with Crippen LogP contribution in [-0.4, -0.2) is 28.7 Å². The van der Waals surface area contributed by atoms with Crippen molar-refractivity contribution in [1.82, 2.24) is 4.90 Å². The lowest BCUT2D eigenvalue weighted by Crippen LogP contribution is -2.47. The highest BCUT2D eigenvalue weighted by atomic mass is 16.2. The first kappa shape index (κ1) is 10.5. The normalized spacial score (nSPS) is 39.9. The standard InChI is InChI=1S/C12H14N2O3/c1-5(10(13)15)14-11(16)8-6-2-3-7(4-6)9(8)12(14)17/h2-3,5-9H,4H2,1H3,(H2,13,15)/t5-,6+,7+,8-,9+/m1/s1. The third-order valence-corrected chi connectivity index (χ3v) is 4.30. The molecule has 2 N–H and O–H groups in total. The third kappa shape index (κ3) is 1.16. The van der Waals surface area contributed by atoms with Gasteiger partial charge in [0.15, 0.2) is 0 Å². The number of hydrogen-bond donors (Lipinski definition) is 1. The maximum atomic E-state index is 12.2. The van der Waals surface area contributed by atoms with E-state index in [1.54, 1.807) is 0 Å². The molecule has 1 saturated carbocycles. The number of allylic oxidation sites excluding steroid dienone is 2. The molecule has 90 valence electrons. The molecule has 5 atom stereocenters. The Morgan fingerprint density at radius 3 is 2.18 bits per heavy atom. The first-order chi connectivity index (χ1) is 8.02. The summed E-state index contributed by atoms with van der Waals surface area (Å²) in [6.07, 6.45) is 4.94. The number of fused-ring (bicyclic) bond motifs is 5. The van der Waals surface area contributed by atoms with E-state index in [0.717, 1.165) is 11.3 Å². The number of carbonyl (C=O) groups excluding carboxylic acids is 3. The van der Waals surface area contributed by atoms with E-state index < -0.39 is 11.9 Å². The molecule has 0 spiro atoms. The first-order valence-corrected chi connectivity index (χ1v) is 5.87. The van der Waals surface area contributed by atoms with Crippen molar-refractivity contribution in [1.29, 1.82) is 0 Å². The van der Waals surface area contributed by atoms with Gasteiger partial charge in [0, 0.05) is 0 Å². The number of primary amides is 1. The van der Waals surface area contributed by atoms with E-state index in [1.165, 1.54) is 6.92 Å². The van der Waals surface area contributed by atoms with Crippen molar-refractivity contribution in [2.45, 2.75) is 19.4 Å². The summed E-state index contributed by atoms with van der Waals surface area (Å²) >= 11 is 0. The van der Waals surface area contributed by atoms with E-state index in [9.17, 15) is 14.4 Å². The van der Waals surface area contributed by atoms with Gasteiger partial charge in [0.2, 0.25) is 17.7 Å². The Bertz CT molecular complexity index is 427. The molecule has 3 rings (SSSR count). The topological polar surface area (TPSA) is 80.5 Å². The summed E-state index contributed by atoms with van der Waals surface area (Å²) in [5.41, 5.74) is 5.17. The largest absolute Gasteiger partial charge is 0.368 e. The molecule has 1 heterocycles. The Hall–Kier alpha value is -1.65. The summed E-state index contributed by atoms with van der Waals surface area (Å²) in [6.45, 7) is 1.51. The van der Waals surface area contributed by atoms with Gasteiger partial charge in [-0.1, -0.05) is 12.2 Å². The van der Waals surface area contributed by atoms with Crippen molar-refractivity contribution in [3.8, 4) is 0 Å². The van der Waals surface area contributed by atoms with Gasteiger partial charge in [-0.05, 0) is 25.2 Å². The summed E-state index contributed by atoms with van der Waals surface area (Å²) in [4.78, 5) is 36.6. The van der Waals surface area contributed by atoms with Gasteiger partial charge in [-0.15, -0.1) is 0 Å². The predicted octanol–water partition coefficient (Wildman–Crippen LogP) is -0.333. The molecule has 3 aliphatic rings. The highest BCUT2D eigenvalue weighted by molar-refractivity contribution is 6.09. The Labute approximate surface area is 98.6 Å². The van der Waals surface area contributed by atoms with Gasteiger partial charge in [-0.25, -0.2) is 0 Å². The Morgan fingerprint density at radius 2 is 1.76 bits per heavy atom. The number of nitrogens with zero attached hydrogens (tertiary/aromatic N) is 1. The lowest BCUT2D eigenvalue weighted by atomic mass is 9.85. The van der Waals surface area contributed by atoms with Crippen LogP contribution in [0.15, 0.2) is 12.2 Å². The maximum absolute atomic E-state index is 12.2. The highest BCUT2D eigenvalue weighted by Crippen LogP contribution is 2.52. The second-order valence-corrected chi connectivity index (χ2v) is 5.12. The van der Waals surface area contributed by atoms with Crippen molar-refractivity contribution < 1.29 is 14.4 Å². The van der Waals surface area contributed by atoms with E-state index >= 15 is 0 Å². The number of amides is 3. The van der Waals surface area contributed by atoms with Crippen LogP contribution >= 0.6 is 0 Å². The van der Waals surface area contributed by atoms with Gasteiger partial charge in [-0.3, -0.25) is 19.3 Å². The zero-order valence-electron chi connectivity index (χ0n) is 9.50. The van der Waals surface area contributed by atoms with Crippen molar-refractivity contribution >= 4 is 17.7 Å².